The Hall–Kier alpha value is -1.50. The predicted molar refractivity (Wildman–Crippen MR) is 74.8 cm³/mol. The number of rotatable bonds is 5. The number of benzene rings is 1. The van der Waals surface area contributed by atoms with Crippen molar-refractivity contribution >= 4 is 27.1 Å². The maximum atomic E-state index is 12.1. The molecule has 0 fully saturated rings. The Labute approximate surface area is 116 Å². The summed E-state index contributed by atoms with van der Waals surface area (Å²) in [6.45, 7) is 1.65. The number of carbonyl (C=O) groups is 1. The van der Waals surface area contributed by atoms with Gasteiger partial charge >= 0.3 is 0 Å². The molecule has 6 heteroatoms. The van der Waals surface area contributed by atoms with Gasteiger partial charge in [0.25, 0.3) is 0 Å². The van der Waals surface area contributed by atoms with E-state index in [1.807, 2.05) is 16.8 Å². The molecule has 0 saturated carbocycles. The summed E-state index contributed by atoms with van der Waals surface area (Å²) in [7, 11) is -3.59. The zero-order valence-corrected chi connectivity index (χ0v) is 11.9. The SMILES string of the molecule is CC(=O)c1cccc(S(=O)(=O)NCc2ccsc2)c1. The van der Waals surface area contributed by atoms with Crippen molar-refractivity contribution in [3.8, 4) is 0 Å². The molecular formula is C13H13NO3S2. The van der Waals surface area contributed by atoms with E-state index in [0.717, 1.165) is 5.56 Å². The van der Waals surface area contributed by atoms with Crippen LogP contribution in [-0.4, -0.2) is 14.2 Å². The van der Waals surface area contributed by atoms with Crippen LogP contribution >= 0.6 is 11.3 Å². The lowest BCUT2D eigenvalue weighted by Crippen LogP contribution is -2.23. The molecule has 1 N–H and O–H groups in total. The summed E-state index contributed by atoms with van der Waals surface area (Å²) >= 11 is 1.51. The third-order valence-corrected chi connectivity index (χ3v) is 4.73. The van der Waals surface area contributed by atoms with E-state index in [4.69, 9.17) is 0 Å². The van der Waals surface area contributed by atoms with Gasteiger partial charge in [0, 0.05) is 12.1 Å². The molecule has 0 spiro atoms. The van der Waals surface area contributed by atoms with Crippen LogP contribution in [0.5, 0.6) is 0 Å². The number of hydrogen-bond acceptors (Lipinski definition) is 4. The van der Waals surface area contributed by atoms with E-state index in [1.165, 1.54) is 30.4 Å². The van der Waals surface area contributed by atoms with Crippen molar-refractivity contribution in [3.05, 3.63) is 52.2 Å². The van der Waals surface area contributed by atoms with Crippen molar-refractivity contribution in [2.75, 3.05) is 0 Å². The fourth-order valence-corrected chi connectivity index (χ4v) is 3.27. The minimum atomic E-state index is -3.59. The molecule has 4 nitrogen and oxygen atoms in total. The standard InChI is InChI=1S/C13H13NO3S2/c1-10(15)12-3-2-4-13(7-12)19(16,17)14-8-11-5-6-18-9-11/h2-7,9,14H,8H2,1H3. The van der Waals surface area contributed by atoms with Crippen LogP contribution in [0.25, 0.3) is 0 Å². The molecule has 0 aliphatic heterocycles. The van der Waals surface area contributed by atoms with Crippen LogP contribution < -0.4 is 4.72 Å². The van der Waals surface area contributed by atoms with Crippen LogP contribution in [0.4, 0.5) is 0 Å². The van der Waals surface area contributed by atoms with E-state index < -0.39 is 10.0 Å². The molecule has 1 heterocycles. The minimum Gasteiger partial charge on any atom is -0.295 e. The lowest BCUT2D eigenvalue weighted by atomic mass is 10.2. The van der Waals surface area contributed by atoms with E-state index >= 15 is 0 Å². The van der Waals surface area contributed by atoms with Gasteiger partial charge in [0.1, 0.15) is 0 Å². The molecule has 0 bridgehead atoms. The average molecular weight is 295 g/mol. The number of carbonyl (C=O) groups excluding carboxylic acids is 1. The molecule has 2 aromatic rings. The third-order valence-electron chi connectivity index (χ3n) is 2.60. The molecule has 0 saturated heterocycles. The number of hydrogen-bond donors (Lipinski definition) is 1. The largest absolute Gasteiger partial charge is 0.295 e. The second kappa shape index (κ2) is 5.64. The summed E-state index contributed by atoms with van der Waals surface area (Å²) in [4.78, 5) is 11.4. The van der Waals surface area contributed by atoms with E-state index in [1.54, 1.807) is 12.1 Å². The first-order chi connectivity index (χ1) is 8.99. The number of Topliss-reactive ketones (excluding diaryl/α,β-unsaturated/α-hetero) is 1. The van der Waals surface area contributed by atoms with E-state index in [-0.39, 0.29) is 17.2 Å². The zero-order chi connectivity index (χ0) is 13.9. The molecule has 1 aromatic carbocycles. The lowest BCUT2D eigenvalue weighted by molar-refractivity contribution is 0.101. The first-order valence-electron chi connectivity index (χ1n) is 5.61. The van der Waals surface area contributed by atoms with Crippen molar-refractivity contribution in [2.24, 2.45) is 0 Å². The van der Waals surface area contributed by atoms with Gasteiger partial charge in [-0.2, -0.15) is 11.3 Å². The highest BCUT2D eigenvalue weighted by Gasteiger charge is 2.15. The summed E-state index contributed by atoms with van der Waals surface area (Å²) in [5.41, 5.74) is 1.30. The zero-order valence-electron chi connectivity index (χ0n) is 10.3. The Morgan fingerprint density at radius 3 is 2.74 bits per heavy atom. The Morgan fingerprint density at radius 1 is 1.32 bits per heavy atom. The summed E-state index contributed by atoms with van der Waals surface area (Å²) in [5.74, 6) is -0.158. The number of sulfonamides is 1. The molecule has 19 heavy (non-hydrogen) atoms. The highest BCUT2D eigenvalue weighted by atomic mass is 32.2. The van der Waals surface area contributed by atoms with Crippen LogP contribution in [0, 0.1) is 0 Å². The second-order valence-corrected chi connectivity index (χ2v) is 6.59. The molecule has 0 atom stereocenters. The summed E-state index contributed by atoms with van der Waals surface area (Å²) in [6.07, 6.45) is 0. The van der Waals surface area contributed by atoms with E-state index in [2.05, 4.69) is 4.72 Å². The van der Waals surface area contributed by atoms with Crippen molar-refractivity contribution in [2.45, 2.75) is 18.4 Å². The molecule has 0 unspecified atom stereocenters. The normalized spacial score (nSPS) is 11.4. The summed E-state index contributed by atoms with van der Waals surface area (Å²) < 4.78 is 26.7. The summed E-state index contributed by atoms with van der Waals surface area (Å²) in [6, 6.07) is 7.88. The van der Waals surface area contributed by atoms with Gasteiger partial charge in [-0.05, 0) is 41.4 Å². The number of thiophene rings is 1. The fraction of sp³-hybridized carbons (Fsp3) is 0.154. The van der Waals surface area contributed by atoms with Crippen LogP contribution in [0.15, 0.2) is 46.0 Å². The number of ketones is 1. The maximum Gasteiger partial charge on any atom is 0.240 e. The van der Waals surface area contributed by atoms with Crippen LogP contribution in [0.2, 0.25) is 0 Å². The minimum absolute atomic E-state index is 0.107. The average Bonchev–Trinajstić information content (AvgIpc) is 2.90. The first kappa shape index (κ1) is 13.9. The molecule has 0 aliphatic carbocycles. The molecule has 100 valence electrons. The second-order valence-electron chi connectivity index (χ2n) is 4.04. The number of nitrogens with one attached hydrogen (secondary N) is 1. The third kappa shape index (κ3) is 3.50. The Balaban J connectivity index is 2.19. The topological polar surface area (TPSA) is 63.2 Å². The van der Waals surface area contributed by atoms with Crippen LogP contribution in [0.1, 0.15) is 22.8 Å². The van der Waals surface area contributed by atoms with Gasteiger partial charge in [0.05, 0.1) is 4.90 Å². The Bertz CT molecular complexity index is 676. The van der Waals surface area contributed by atoms with Crippen molar-refractivity contribution in [3.63, 3.8) is 0 Å². The van der Waals surface area contributed by atoms with Gasteiger partial charge in [-0.15, -0.1) is 0 Å². The van der Waals surface area contributed by atoms with Crippen molar-refractivity contribution < 1.29 is 13.2 Å². The van der Waals surface area contributed by atoms with Gasteiger partial charge in [-0.1, -0.05) is 12.1 Å². The van der Waals surface area contributed by atoms with Crippen LogP contribution in [-0.2, 0) is 16.6 Å². The Morgan fingerprint density at radius 2 is 2.11 bits per heavy atom. The van der Waals surface area contributed by atoms with Crippen molar-refractivity contribution in [1.82, 2.24) is 4.72 Å². The van der Waals surface area contributed by atoms with Gasteiger partial charge in [-0.25, -0.2) is 13.1 Å². The van der Waals surface area contributed by atoms with E-state index in [0.29, 0.717) is 5.56 Å². The van der Waals surface area contributed by atoms with Crippen molar-refractivity contribution in [1.29, 1.82) is 0 Å². The molecule has 1 aromatic heterocycles. The molecule has 0 amide bonds. The van der Waals surface area contributed by atoms with Gasteiger partial charge in [-0.3, -0.25) is 4.79 Å². The predicted octanol–water partition coefficient (Wildman–Crippen LogP) is 2.43. The first-order valence-corrected chi connectivity index (χ1v) is 8.03. The monoisotopic (exact) mass is 295 g/mol. The smallest absolute Gasteiger partial charge is 0.240 e. The quantitative estimate of drug-likeness (QED) is 0.862. The Kier molecular flexibility index (Phi) is 4.14. The van der Waals surface area contributed by atoms with E-state index in [9.17, 15) is 13.2 Å². The molecule has 0 aliphatic rings. The summed E-state index contributed by atoms with van der Waals surface area (Å²) in [5, 5.41) is 3.77. The molecule has 2 rings (SSSR count). The van der Waals surface area contributed by atoms with Gasteiger partial charge < -0.3 is 0 Å². The maximum absolute atomic E-state index is 12.1. The highest BCUT2D eigenvalue weighted by Crippen LogP contribution is 2.13. The highest BCUT2D eigenvalue weighted by molar-refractivity contribution is 7.89. The molecule has 0 radical (unpaired) electrons. The fourth-order valence-electron chi connectivity index (χ4n) is 1.54. The van der Waals surface area contributed by atoms with Crippen LogP contribution in [0.3, 0.4) is 0 Å². The lowest BCUT2D eigenvalue weighted by Gasteiger charge is -2.06. The van der Waals surface area contributed by atoms with Gasteiger partial charge in [0.15, 0.2) is 5.78 Å². The van der Waals surface area contributed by atoms with Gasteiger partial charge in [0.2, 0.25) is 10.0 Å². The molecular weight excluding hydrogens is 282 g/mol.